The van der Waals surface area contributed by atoms with Gasteiger partial charge in [-0.1, -0.05) is 24.3 Å². The maximum absolute atomic E-state index is 10.5. The molecule has 0 atom stereocenters. The van der Waals surface area contributed by atoms with Crippen LogP contribution in [0.2, 0.25) is 0 Å². The monoisotopic (exact) mass is 267 g/mol. The van der Waals surface area contributed by atoms with E-state index in [0.29, 0.717) is 12.1 Å². The Morgan fingerprint density at radius 1 is 1.15 bits per heavy atom. The van der Waals surface area contributed by atoms with Crippen LogP contribution in [0.25, 0.3) is 22.2 Å². The van der Waals surface area contributed by atoms with Gasteiger partial charge < -0.3 is 9.52 Å². The van der Waals surface area contributed by atoms with Gasteiger partial charge in [0.1, 0.15) is 0 Å². The summed E-state index contributed by atoms with van der Waals surface area (Å²) >= 11 is 0. The van der Waals surface area contributed by atoms with Crippen LogP contribution in [0.3, 0.4) is 0 Å². The average Bonchev–Trinajstić information content (AvgIpc) is 2.93. The molecule has 20 heavy (non-hydrogen) atoms. The maximum Gasteiger partial charge on any atom is 0.303 e. The van der Waals surface area contributed by atoms with Crippen molar-refractivity contribution in [1.82, 2.24) is 4.98 Å². The Morgan fingerprint density at radius 2 is 1.95 bits per heavy atom. The van der Waals surface area contributed by atoms with Crippen LogP contribution in [0.1, 0.15) is 12.0 Å². The molecule has 2 heterocycles. The van der Waals surface area contributed by atoms with Crippen molar-refractivity contribution in [1.29, 1.82) is 0 Å². The van der Waals surface area contributed by atoms with Gasteiger partial charge in [0.05, 0.1) is 6.26 Å². The lowest BCUT2D eigenvalue weighted by Crippen LogP contribution is -1.97. The Morgan fingerprint density at radius 3 is 2.70 bits per heavy atom. The van der Waals surface area contributed by atoms with Gasteiger partial charge in [0, 0.05) is 23.6 Å². The van der Waals surface area contributed by atoms with Crippen molar-refractivity contribution in [3.8, 4) is 11.1 Å². The van der Waals surface area contributed by atoms with Gasteiger partial charge in [-0.25, -0.2) is 4.98 Å². The van der Waals surface area contributed by atoms with E-state index in [0.717, 1.165) is 22.1 Å². The average molecular weight is 267 g/mol. The number of nitrogens with zero attached hydrogens (tertiary/aromatic N) is 1. The van der Waals surface area contributed by atoms with Crippen LogP contribution in [0.15, 0.2) is 53.3 Å². The van der Waals surface area contributed by atoms with Crippen molar-refractivity contribution in [2.24, 2.45) is 0 Å². The van der Waals surface area contributed by atoms with Crippen molar-refractivity contribution >= 4 is 17.1 Å². The third-order valence-electron chi connectivity index (χ3n) is 3.22. The van der Waals surface area contributed by atoms with Gasteiger partial charge in [-0.15, -0.1) is 0 Å². The van der Waals surface area contributed by atoms with Crippen LogP contribution in [0.5, 0.6) is 0 Å². The molecule has 0 saturated heterocycles. The first-order valence-electron chi connectivity index (χ1n) is 6.37. The third-order valence-corrected chi connectivity index (χ3v) is 3.22. The highest BCUT2D eigenvalue weighted by Gasteiger charge is 2.04. The van der Waals surface area contributed by atoms with Gasteiger partial charge in [-0.2, -0.15) is 0 Å². The van der Waals surface area contributed by atoms with E-state index in [2.05, 4.69) is 4.98 Å². The van der Waals surface area contributed by atoms with Gasteiger partial charge in [0.25, 0.3) is 0 Å². The number of carboxylic acid groups (broad SMARTS) is 1. The predicted octanol–water partition coefficient (Wildman–Crippen LogP) is 3.51. The minimum Gasteiger partial charge on any atom is -0.481 e. The zero-order valence-corrected chi connectivity index (χ0v) is 10.7. The number of rotatable bonds is 4. The summed E-state index contributed by atoms with van der Waals surface area (Å²) in [6, 6.07) is 11.8. The summed E-state index contributed by atoms with van der Waals surface area (Å²) in [5.74, 6) is -0.774. The lowest BCUT2D eigenvalue weighted by molar-refractivity contribution is -0.136. The van der Waals surface area contributed by atoms with E-state index in [1.165, 1.54) is 0 Å². The molecule has 3 aromatic rings. The molecule has 4 heteroatoms. The Bertz CT molecular complexity index is 744. The zero-order valence-electron chi connectivity index (χ0n) is 10.7. The fourth-order valence-electron chi connectivity index (χ4n) is 2.13. The van der Waals surface area contributed by atoms with Gasteiger partial charge >= 0.3 is 5.97 Å². The number of furan rings is 1. The van der Waals surface area contributed by atoms with E-state index in [1.54, 1.807) is 12.5 Å². The van der Waals surface area contributed by atoms with Crippen molar-refractivity contribution in [3.63, 3.8) is 0 Å². The topological polar surface area (TPSA) is 63.3 Å². The number of hydrogen-bond donors (Lipinski definition) is 1. The Labute approximate surface area is 115 Å². The molecular formula is C16H13NO3. The molecule has 0 fully saturated rings. The standard InChI is InChI=1S/C16H13NO3/c18-15(19)6-3-11-1-4-12(5-2-11)14-9-13-7-8-20-16(13)17-10-14/h1-2,4-5,7-10H,3,6H2,(H,18,19). The van der Waals surface area contributed by atoms with Gasteiger partial charge in [-0.05, 0) is 29.7 Å². The molecule has 2 aromatic heterocycles. The van der Waals surface area contributed by atoms with E-state index in [-0.39, 0.29) is 6.42 Å². The molecule has 0 aliphatic heterocycles. The molecule has 0 radical (unpaired) electrons. The van der Waals surface area contributed by atoms with Crippen molar-refractivity contribution in [2.45, 2.75) is 12.8 Å². The van der Waals surface area contributed by atoms with Gasteiger partial charge in [0.2, 0.25) is 5.71 Å². The number of aromatic nitrogens is 1. The number of hydrogen-bond acceptors (Lipinski definition) is 3. The smallest absolute Gasteiger partial charge is 0.303 e. The van der Waals surface area contributed by atoms with Crippen LogP contribution in [0.4, 0.5) is 0 Å². The quantitative estimate of drug-likeness (QED) is 0.785. The normalized spacial score (nSPS) is 10.8. The van der Waals surface area contributed by atoms with Crippen molar-refractivity contribution in [2.75, 3.05) is 0 Å². The molecule has 1 N–H and O–H groups in total. The molecule has 1 aromatic carbocycles. The number of aryl methyl sites for hydroxylation is 1. The first-order chi connectivity index (χ1) is 9.72. The summed E-state index contributed by atoms with van der Waals surface area (Å²) < 4.78 is 5.22. The highest BCUT2D eigenvalue weighted by molar-refractivity contribution is 5.79. The van der Waals surface area contributed by atoms with E-state index in [1.807, 2.05) is 36.4 Å². The first-order valence-corrected chi connectivity index (χ1v) is 6.37. The summed E-state index contributed by atoms with van der Waals surface area (Å²) in [6.45, 7) is 0. The molecule has 3 rings (SSSR count). The third kappa shape index (κ3) is 2.54. The highest BCUT2D eigenvalue weighted by atomic mass is 16.4. The lowest BCUT2D eigenvalue weighted by Gasteiger charge is -2.03. The van der Waals surface area contributed by atoms with Crippen molar-refractivity contribution in [3.05, 3.63) is 54.4 Å². The fourth-order valence-corrected chi connectivity index (χ4v) is 2.13. The van der Waals surface area contributed by atoms with Crippen molar-refractivity contribution < 1.29 is 14.3 Å². The second-order valence-electron chi connectivity index (χ2n) is 4.63. The minimum atomic E-state index is -0.774. The van der Waals surface area contributed by atoms with E-state index in [4.69, 9.17) is 9.52 Å². The Kier molecular flexibility index (Phi) is 3.21. The van der Waals surface area contributed by atoms with E-state index in [9.17, 15) is 4.79 Å². The van der Waals surface area contributed by atoms with Crippen LogP contribution < -0.4 is 0 Å². The zero-order chi connectivity index (χ0) is 13.9. The van der Waals surface area contributed by atoms with Crippen LogP contribution in [-0.2, 0) is 11.2 Å². The van der Waals surface area contributed by atoms with Crippen LogP contribution in [-0.4, -0.2) is 16.1 Å². The SMILES string of the molecule is O=C(O)CCc1ccc(-c2cnc3occc3c2)cc1. The molecule has 0 aliphatic carbocycles. The number of aliphatic carboxylic acids is 1. The number of benzene rings is 1. The van der Waals surface area contributed by atoms with E-state index < -0.39 is 5.97 Å². The second-order valence-corrected chi connectivity index (χ2v) is 4.63. The molecule has 0 spiro atoms. The molecule has 0 saturated carbocycles. The van der Waals surface area contributed by atoms with Gasteiger partial charge in [-0.3, -0.25) is 4.79 Å². The lowest BCUT2D eigenvalue weighted by atomic mass is 10.0. The molecule has 0 amide bonds. The molecule has 0 bridgehead atoms. The summed E-state index contributed by atoms with van der Waals surface area (Å²) in [5.41, 5.74) is 3.73. The van der Waals surface area contributed by atoms with Gasteiger partial charge in [0.15, 0.2) is 0 Å². The fraction of sp³-hybridized carbons (Fsp3) is 0.125. The first kappa shape index (κ1) is 12.4. The molecular weight excluding hydrogens is 254 g/mol. The number of carbonyl (C=O) groups is 1. The number of carboxylic acids is 1. The maximum atomic E-state index is 10.5. The summed E-state index contributed by atoms with van der Waals surface area (Å²) in [4.78, 5) is 14.8. The van der Waals surface area contributed by atoms with Crippen LogP contribution in [0, 0.1) is 0 Å². The molecule has 0 aliphatic rings. The summed E-state index contributed by atoms with van der Waals surface area (Å²) in [5, 5.41) is 9.64. The minimum absolute atomic E-state index is 0.155. The molecule has 100 valence electrons. The van der Waals surface area contributed by atoms with E-state index >= 15 is 0 Å². The molecule has 4 nitrogen and oxygen atoms in total. The highest BCUT2D eigenvalue weighted by Crippen LogP contribution is 2.23. The largest absolute Gasteiger partial charge is 0.481 e. The predicted molar refractivity (Wildman–Crippen MR) is 75.4 cm³/mol. The number of pyridine rings is 1. The summed E-state index contributed by atoms with van der Waals surface area (Å²) in [6.07, 6.45) is 4.10. The Balaban J connectivity index is 1.84. The number of fused-ring (bicyclic) bond motifs is 1. The summed E-state index contributed by atoms with van der Waals surface area (Å²) in [7, 11) is 0. The van der Waals surface area contributed by atoms with Crippen LogP contribution >= 0.6 is 0 Å². The molecule has 0 unspecified atom stereocenters. The second kappa shape index (κ2) is 5.17. The Hall–Kier alpha value is -2.62.